The molecule has 0 spiro atoms. The van der Waals surface area contributed by atoms with Gasteiger partial charge < -0.3 is 10.1 Å². The number of rotatable bonds is 4. The zero-order valence-corrected chi connectivity index (χ0v) is 15.7. The van der Waals surface area contributed by atoms with Crippen molar-refractivity contribution >= 4 is 32.4 Å². The number of hydrogen-bond acceptors (Lipinski definition) is 5. The summed E-state index contributed by atoms with van der Waals surface area (Å²) in [6, 6.07) is 9.72. The fraction of sp³-hybridized carbons (Fsp3) is 0.100. The van der Waals surface area contributed by atoms with Crippen molar-refractivity contribution in [2.75, 3.05) is 12.4 Å². The molecule has 4 nitrogen and oxygen atoms in total. The number of nitrogens with one attached hydrogen (secondary N) is 1. The van der Waals surface area contributed by atoms with E-state index >= 15 is 0 Å². The van der Waals surface area contributed by atoms with Crippen LogP contribution in [0.15, 0.2) is 54.9 Å². The smallest absolute Gasteiger partial charge is 0.416 e. The monoisotopic (exact) mass is 419 g/mol. The topological polar surface area (TPSA) is 47.0 Å². The predicted molar refractivity (Wildman–Crippen MR) is 104 cm³/mol. The van der Waals surface area contributed by atoms with Crippen LogP contribution in [0.3, 0.4) is 0 Å². The molecule has 0 radical (unpaired) electrons. The van der Waals surface area contributed by atoms with Gasteiger partial charge in [-0.2, -0.15) is 13.2 Å². The number of benzene rings is 2. The molecular weight excluding hydrogens is 406 g/mol. The second-order valence-electron chi connectivity index (χ2n) is 6.17. The molecule has 0 atom stereocenters. The van der Waals surface area contributed by atoms with Gasteiger partial charge in [0.05, 0.1) is 29.1 Å². The first-order valence-corrected chi connectivity index (χ1v) is 9.18. The number of ether oxygens (including phenoxy) is 1. The number of hydrogen-bond donors (Lipinski definition) is 1. The molecule has 148 valence electrons. The van der Waals surface area contributed by atoms with Crippen molar-refractivity contribution in [3.8, 4) is 16.9 Å². The van der Waals surface area contributed by atoms with Crippen LogP contribution >= 0.6 is 11.3 Å². The fourth-order valence-corrected chi connectivity index (χ4v) is 3.72. The van der Waals surface area contributed by atoms with Crippen LogP contribution in [0.25, 0.3) is 21.3 Å². The Bertz CT molecular complexity index is 1190. The molecule has 9 heteroatoms. The molecule has 4 rings (SSSR count). The van der Waals surface area contributed by atoms with E-state index in [4.69, 9.17) is 4.74 Å². The molecule has 4 aromatic rings. The molecule has 2 aromatic heterocycles. The predicted octanol–water partition coefficient (Wildman–Crippen LogP) is 6.27. The minimum absolute atomic E-state index is 0.0198. The molecular formula is C20H13F4N3OS. The number of methoxy groups -OCH3 is 1. The Hall–Kier alpha value is -3.20. The molecule has 0 saturated carbocycles. The third kappa shape index (κ3) is 4.14. The second kappa shape index (κ2) is 7.32. The van der Waals surface area contributed by atoms with Gasteiger partial charge in [0, 0.05) is 17.4 Å². The first kappa shape index (κ1) is 19.1. The number of thiazole rings is 1. The van der Waals surface area contributed by atoms with Crippen molar-refractivity contribution in [2.45, 2.75) is 6.18 Å². The summed E-state index contributed by atoms with van der Waals surface area (Å²) in [5, 5.41) is 3.12. The van der Waals surface area contributed by atoms with Gasteiger partial charge in [-0.15, -0.1) is 0 Å². The van der Waals surface area contributed by atoms with Gasteiger partial charge in [0.1, 0.15) is 11.6 Å². The number of pyridine rings is 1. The Kier molecular flexibility index (Phi) is 4.83. The minimum Gasteiger partial charge on any atom is -0.495 e. The van der Waals surface area contributed by atoms with Gasteiger partial charge in [-0.1, -0.05) is 17.4 Å². The summed E-state index contributed by atoms with van der Waals surface area (Å²) in [5.41, 5.74) is 1.34. The molecule has 1 N–H and O–H groups in total. The van der Waals surface area contributed by atoms with Crippen LogP contribution in [0.5, 0.6) is 5.75 Å². The van der Waals surface area contributed by atoms with Crippen molar-refractivity contribution < 1.29 is 22.3 Å². The highest BCUT2D eigenvalue weighted by atomic mass is 32.1. The van der Waals surface area contributed by atoms with Gasteiger partial charge in [0.15, 0.2) is 5.13 Å². The average molecular weight is 419 g/mol. The number of halogens is 4. The molecule has 0 amide bonds. The third-order valence-electron chi connectivity index (χ3n) is 4.15. The van der Waals surface area contributed by atoms with Gasteiger partial charge in [-0.05, 0) is 42.0 Å². The summed E-state index contributed by atoms with van der Waals surface area (Å²) in [6.45, 7) is 0. The molecule has 0 aliphatic carbocycles. The average Bonchev–Trinajstić information content (AvgIpc) is 3.08. The Balaban J connectivity index is 1.65. The quantitative estimate of drug-likeness (QED) is 0.396. The lowest BCUT2D eigenvalue weighted by atomic mass is 10.1. The van der Waals surface area contributed by atoms with Gasteiger partial charge in [-0.3, -0.25) is 4.98 Å². The largest absolute Gasteiger partial charge is 0.495 e. The zero-order chi connectivity index (χ0) is 20.6. The zero-order valence-electron chi connectivity index (χ0n) is 14.9. The van der Waals surface area contributed by atoms with E-state index in [-0.39, 0.29) is 5.69 Å². The Labute approximate surface area is 166 Å². The van der Waals surface area contributed by atoms with E-state index in [1.54, 1.807) is 25.6 Å². The summed E-state index contributed by atoms with van der Waals surface area (Å²) in [6.07, 6.45) is -1.33. The summed E-state index contributed by atoms with van der Waals surface area (Å²) >= 11 is 1.25. The van der Waals surface area contributed by atoms with E-state index < -0.39 is 17.6 Å². The summed E-state index contributed by atoms with van der Waals surface area (Å²) in [4.78, 5) is 8.49. The molecule has 0 unspecified atom stereocenters. The molecule has 2 aromatic carbocycles. The van der Waals surface area contributed by atoms with Crippen molar-refractivity contribution in [1.29, 1.82) is 0 Å². The van der Waals surface area contributed by atoms with Gasteiger partial charge >= 0.3 is 6.18 Å². The van der Waals surface area contributed by atoms with Crippen molar-refractivity contribution in [1.82, 2.24) is 9.97 Å². The lowest BCUT2D eigenvalue weighted by Crippen LogP contribution is -2.06. The molecule has 0 aliphatic heterocycles. The molecule has 0 aliphatic rings. The van der Waals surface area contributed by atoms with Crippen LogP contribution in [-0.4, -0.2) is 17.1 Å². The van der Waals surface area contributed by atoms with E-state index in [1.165, 1.54) is 11.3 Å². The molecule has 0 saturated heterocycles. The Morgan fingerprint density at radius 3 is 2.59 bits per heavy atom. The first-order valence-electron chi connectivity index (χ1n) is 8.36. The van der Waals surface area contributed by atoms with Gasteiger partial charge in [0.25, 0.3) is 0 Å². The number of nitrogens with zero attached hydrogens (tertiary/aromatic N) is 2. The summed E-state index contributed by atoms with van der Waals surface area (Å²) in [5.74, 6) is -0.350. The standard InChI is InChI=1S/C20H13F4N3OS/c1-28-16-4-12(9-25-10-16)11-2-3-17-18(5-11)29-19(27-17)26-15-7-13(20(22,23)24)6-14(21)8-15/h2-10H,1H3,(H,26,27). The van der Waals surface area contributed by atoms with Crippen LogP contribution < -0.4 is 10.1 Å². The molecule has 29 heavy (non-hydrogen) atoms. The van der Waals surface area contributed by atoms with E-state index in [1.807, 2.05) is 18.2 Å². The normalized spacial score (nSPS) is 11.6. The first-order chi connectivity index (χ1) is 13.8. The number of alkyl halides is 3. The lowest BCUT2D eigenvalue weighted by molar-refractivity contribution is -0.137. The molecule has 0 fully saturated rings. The van der Waals surface area contributed by atoms with E-state index in [0.717, 1.165) is 28.0 Å². The van der Waals surface area contributed by atoms with E-state index in [2.05, 4.69) is 15.3 Å². The van der Waals surface area contributed by atoms with Crippen molar-refractivity contribution in [3.05, 3.63) is 66.2 Å². The van der Waals surface area contributed by atoms with E-state index in [9.17, 15) is 17.6 Å². The fourth-order valence-electron chi connectivity index (χ4n) is 2.79. The van der Waals surface area contributed by atoms with Crippen LogP contribution in [0.4, 0.5) is 28.4 Å². The van der Waals surface area contributed by atoms with Crippen molar-refractivity contribution in [3.63, 3.8) is 0 Å². The maximum absolute atomic E-state index is 13.6. The van der Waals surface area contributed by atoms with Gasteiger partial charge in [-0.25, -0.2) is 9.37 Å². The number of anilines is 2. The van der Waals surface area contributed by atoms with Crippen LogP contribution in [0.2, 0.25) is 0 Å². The second-order valence-corrected chi connectivity index (χ2v) is 7.20. The third-order valence-corrected chi connectivity index (χ3v) is 5.08. The Morgan fingerprint density at radius 1 is 1.00 bits per heavy atom. The highest BCUT2D eigenvalue weighted by molar-refractivity contribution is 7.22. The van der Waals surface area contributed by atoms with E-state index in [0.29, 0.717) is 22.5 Å². The van der Waals surface area contributed by atoms with Crippen molar-refractivity contribution in [2.24, 2.45) is 0 Å². The number of aromatic nitrogens is 2. The van der Waals surface area contributed by atoms with Crippen LogP contribution in [0, 0.1) is 5.82 Å². The SMILES string of the molecule is COc1cncc(-c2ccc3nc(Nc4cc(F)cc(C(F)(F)F)c4)sc3c2)c1. The molecule has 2 heterocycles. The lowest BCUT2D eigenvalue weighted by Gasteiger charge is -2.09. The van der Waals surface area contributed by atoms with Gasteiger partial charge in [0.2, 0.25) is 0 Å². The summed E-state index contributed by atoms with van der Waals surface area (Å²) in [7, 11) is 1.56. The highest BCUT2D eigenvalue weighted by Crippen LogP contribution is 2.35. The highest BCUT2D eigenvalue weighted by Gasteiger charge is 2.31. The maximum atomic E-state index is 13.6. The van der Waals surface area contributed by atoms with Crippen LogP contribution in [0.1, 0.15) is 5.56 Å². The Morgan fingerprint density at radius 2 is 1.83 bits per heavy atom. The maximum Gasteiger partial charge on any atom is 0.416 e. The molecule has 0 bridgehead atoms. The number of fused-ring (bicyclic) bond motifs is 1. The van der Waals surface area contributed by atoms with Crippen LogP contribution in [-0.2, 0) is 6.18 Å². The minimum atomic E-state index is -4.63. The summed E-state index contributed by atoms with van der Waals surface area (Å²) < 4.78 is 58.3.